The van der Waals surface area contributed by atoms with Crippen molar-refractivity contribution in [3.63, 3.8) is 0 Å². The Kier molecular flexibility index (Phi) is 4.49. The van der Waals surface area contributed by atoms with Crippen LogP contribution in [0.15, 0.2) is 12.3 Å². The van der Waals surface area contributed by atoms with Gasteiger partial charge in [-0.1, -0.05) is 0 Å². The molecule has 1 rings (SSSR count). The molecule has 0 aliphatic heterocycles. The first-order valence-corrected chi connectivity index (χ1v) is 7.35. The first kappa shape index (κ1) is 13.2. The second kappa shape index (κ2) is 5.45. The third kappa shape index (κ3) is 4.32. The first-order chi connectivity index (χ1) is 7.40. The molecule has 1 aromatic heterocycles. The highest BCUT2D eigenvalue weighted by Gasteiger charge is 2.08. The van der Waals surface area contributed by atoms with Gasteiger partial charge in [-0.05, 0) is 26.0 Å². The van der Waals surface area contributed by atoms with Crippen LogP contribution in [0.4, 0.5) is 0 Å². The maximum absolute atomic E-state index is 10.9. The van der Waals surface area contributed by atoms with Crippen LogP contribution in [0.25, 0.3) is 0 Å². The number of hydrogen-bond donors (Lipinski definition) is 1. The Morgan fingerprint density at radius 1 is 1.56 bits per heavy atom. The molecule has 16 heavy (non-hydrogen) atoms. The van der Waals surface area contributed by atoms with E-state index in [4.69, 9.17) is 0 Å². The van der Waals surface area contributed by atoms with Crippen LogP contribution in [0.1, 0.15) is 25.1 Å². The predicted molar refractivity (Wildman–Crippen MR) is 64.0 cm³/mol. The fourth-order valence-electron chi connectivity index (χ4n) is 1.57. The highest BCUT2D eigenvalue weighted by atomic mass is 32.2. The minimum Gasteiger partial charge on any atom is -0.309 e. The molecule has 0 aliphatic carbocycles. The summed E-state index contributed by atoms with van der Waals surface area (Å²) in [6.07, 6.45) is 3.66. The number of nitrogens with zero attached hydrogens (tertiary/aromatic N) is 2. The average Bonchev–Trinajstić information content (AvgIpc) is 2.57. The summed E-state index contributed by atoms with van der Waals surface area (Å²) in [7, 11) is -0.949. The summed E-state index contributed by atoms with van der Waals surface area (Å²) in [5.74, 6) is 0.234. The third-order valence-corrected chi connectivity index (χ3v) is 3.48. The molecule has 0 saturated heterocycles. The van der Waals surface area contributed by atoms with Crippen LogP contribution < -0.4 is 5.32 Å². The molecule has 1 aromatic rings. The molecule has 6 heteroatoms. The van der Waals surface area contributed by atoms with Gasteiger partial charge in [0.2, 0.25) is 0 Å². The molecule has 0 aliphatic rings. The van der Waals surface area contributed by atoms with Crippen LogP contribution in [-0.4, -0.2) is 36.8 Å². The predicted octanol–water partition coefficient (Wildman–Crippen LogP) is 0.505. The summed E-state index contributed by atoms with van der Waals surface area (Å²) in [5.41, 5.74) is 1.10. The van der Waals surface area contributed by atoms with Gasteiger partial charge >= 0.3 is 0 Å². The number of aryl methyl sites for hydroxylation is 1. The van der Waals surface area contributed by atoms with Crippen LogP contribution >= 0.6 is 0 Å². The van der Waals surface area contributed by atoms with Crippen molar-refractivity contribution in [2.75, 3.05) is 18.6 Å². The molecule has 92 valence electrons. The van der Waals surface area contributed by atoms with E-state index >= 15 is 0 Å². The zero-order valence-corrected chi connectivity index (χ0v) is 10.8. The second-order valence-corrected chi connectivity index (χ2v) is 6.30. The SMILES string of the molecule is CC(NCCCS(C)(=O)=O)c1ccnn1C. The van der Waals surface area contributed by atoms with Gasteiger partial charge in [0, 0.05) is 25.5 Å². The van der Waals surface area contributed by atoms with E-state index in [1.54, 1.807) is 6.20 Å². The lowest BCUT2D eigenvalue weighted by Crippen LogP contribution is -2.23. The largest absolute Gasteiger partial charge is 0.309 e. The molecular formula is C10H19N3O2S. The molecule has 1 unspecified atom stereocenters. The van der Waals surface area contributed by atoms with Crippen LogP contribution in [-0.2, 0) is 16.9 Å². The van der Waals surface area contributed by atoms with Gasteiger partial charge in [-0.15, -0.1) is 0 Å². The van der Waals surface area contributed by atoms with Crippen LogP contribution in [0.5, 0.6) is 0 Å². The molecule has 0 saturated carbocycles. The quantitative estimate of drug-likeness (QED) is 0.742. The summed E-state index contributed by atoms with van der Waals surface area (Å²) in [4.78, 5) is 0. The lowest BCUT2D eigenvalue weighted by molar-refractivity contribution is 0.526. The Labute approximate surface area is 96.8 Å². The van der Waals surface area contributed by atoms with E-state index in [2.05, 4.69) is 10.4 Å². The van der Waals surface area contributed by atoms with Crippen molar-refractivity contribution >= 4 is 9.84 Å². The smallest absolute Gasteiger partial charge is 0.147 e. The summed E-state index contributed by atoms with van der Waals surface area (Å²) in [6.45, 7) is 2.73. The number of hydrogen-bond acceptors (Lipinski definition) is 4. The lowest BCUT2D eigenvalue weighted by Gasteiger charge is -2.13. The molecule has 5 nitrogen and oxygen atoms in total. The third-order valence-electron chi connectivity index (χ3n) is 2.44. The number of rotatable bonds is 6. The fourth-order valence-corrected chi connectivity index (χ4v) is 2.24. The zero-order valence-electron chi connectivity index (χ0n) is 9.97. The van der Waals surface area contributed by atoms with E-state index in [0.29, 0.717) is 13.0 Å². The highest BCUT2D eigenvalue weighted by Crippen LogP contribution is 2.09. The Balaban J connectivity index is 2.32. The van der Waals surface area contributed by atoms with Crippen molar-refractivity contribution in [2.24, 2.45) is 7.05 Å². The van der Waals surface area contributed by atoms with E-state index in [-0.39, 0.29) is 11.8 Å². The van der Waals surface area contributed by atoms with Crippen LogP contribution in [0, 0.1) is 0 Å². The fraction of sp³-hybridized carbons (Fsp3) is 0.700. The molecule has 0 aromatic carbocycles. The van der Waals surface area contributed by atoms with Crippen LogP contribution in [0.3, 0.4) is 0 Å². The van der Waals surface area contributed by atoms with Crippen molar-refractivity contribution in [1.29, 1.82) is 0 Å². The molecule has 0 bridgehead atoms. The molecule has 0 radical (unpaired) electrons. The Morgan fingerprint density at radius 2 is 2.25 bits per heavy atom. The monoisotopic (exact) mass is 245 g/mol. The minimum absolute atomic E-state index is 0.187. The summed E-state index contributed by atoms with van der Waals surface area (Å²) in [6, 6.07) is 2.14. The topological polar surface area (TPSA) is 64.0 Å². The van der Waals surface area contributed by atoms with E-state index in [9.17, 15) is 8.42 Å². The van der Waals surface area contributed by atoms with Gasteiger partial charge in [0.1, 0.15) is 9.84 Å². The maximum atomic E-state index is 10.9. The van der Waals surface area contributed by atoms with Gasteiger partial charge in [0.25, 0.3) is 0 Å². The molecule has 1 heterocycles. The zero-order chi connectivity index (χ0) is 12.2. The van der Waals surface area contributed by atoms with E-state index in [1.165, 1.54) is 6.26 Å². The molecule has 0 fully saturated rings. The number of nitrogens with one attached hydrogen (secondary N) is 1. The summed E-state index contributed by atoms with van der Waals surface area (Å²) >= 11 is 0. The number of sulfone groups is 1. The molecule has 1 atom stereocenters. The van der Waals surface area contributed by atoms with E-state index in [1.807, 2.05) is 24.7 Å². The van der Waals surface area contributed by atoms with Gasteiger partial charge < -0.3 is 5.32 Å². The first-order valence-electron chi connectivity index (χ1n) is 5.29. The lowest BCUT2D eigenvalue weighted by atomic mass is 10.2. The molecule has 1 N–H and O–H groups in total. The standard InChI is InChI=1S/C10H19N3O2S/c1-9(10-5-7-12-13(10)2)11-6-4-8-16(3,14)15/h5,7,9,11H,4,6,8H2,1-3H3. The van der Waals surface area contributed by atoms with E-state index in [0.717, 1.165) is 5.69 Å². The molecular weight excluding hydrogens is 226 g/mol. The number of aromatic nitrogens is 2. The van der Waals surface area contributed by atoms with Crippen molar-refractivity contribution in [2.45, 2.75) is 19.4 Å². The van der Waals surface area contributed by atoms with Gasteiger partial charge in [0.05, 0.1) is 11.4 Å². The molecule has 0 spiro atoms. The van der Waals surface area contributed by atoms with Gasteiger partial charge in [-0.3, -0.25) is 4.68 Å². The van der Waals surface area contributed by atoms with Crippen LogP contribution in [0.2, 0.25) is 0 Å². The Hall–Kier alpha value is -0.880. The minimum atomic E-state index is -2.84. The average molecular weight is 245 g/mol. The van der Waals surface area contributed by atoms with Gasteiger partial charge in [-0.25, -0.2) is 8.42 Å². The van der Waals surface area contributed by atoms with Gasteiger partial charge in [-0.2, -0.15) is 5.10 Å². The normalized spacial score (nSPS) is 13.9. The Bertz CT molecular complexity index is 425. The van der Waals surface area contributed by atoms with E-state index < -0.39 is 9.84 Å². The second-order valence-electron chi connectivity index (χ2n) is 4.04. The molecule has 0 amide bonds. The summed E-state index contributed by atoms with van der Waals surface area (Å²) < 4.78 is 23.6. The summed E-state index contributed by atoms with van der Waals surface area (Å²) in [5, 5.41) is 7.36. The van der Waals surface area contributed by atoms with Crippen molar-refractivity contribution in [1.82, 2.24) is 15.1 Å². The van der Waals surface area contributed by atoms with Crippen molar-refractivity contribution < 1.29 is 8.42 Å². The van der Waals surface area contributed by atoms with Crippen molar-refractivity contribution in [3.8, 4) is 0 Å². The highest BCUT2D eigenvalue weighted by molar-refractivity contribution is 7.90. The van der Waals surface area contributed by atoms with Crippen molar-refractivity contribution in [3.05, 3.63) is 18.0 Å². The van der Waals surface area contributed by atoms with Gasteiger partial charge in [0.15, 0.2) is 0 Å². The maximum Gasteiger partial charge on any atom is 0.147 e. The Morgan fingerprint density at radius 3 is 2.75 bits per heavy atom.